The summed E-state index contributed by atoms with van der Waals surface area (Å²) in [4.78, 5) is 2.42. The van der Waals surface area contributed by atoms with Gasteiger partial charge >= 0.3 is 0 Å². The molecule has 0 amide bonds. The monoisotopic (exact) mass is 327 g/mol. The van der Waals surface area contributed by atoms with Gasteiger partial charge in [0.25, 0.3) is 0 Å². The molecule has 0 atom stereocenters. The molecule has 0 aliphatic heterocycles. The van der Waals surface area contributed by atoms with E-state index in [0.29, 0.717) is 5.92 Å². The summed E-state index contributed by atoms with van der Waals surface area (Å²) >= 11 is 5.99. The fraction of sp³-hybridized carbons (Fsp3) is 0.316. The number of aryl methyl sites for hydroxylation is 1. The second-order valence-corrected chi connectivity index (χ2v) is 6.85. The lowest BCUT2D eigenvalue weighted by Crippen LogP contribution is -2.27. The average molecular weight is 328 g/mol. The summed E-state index contributed by atoms with van der Waals surface area (Å²) < 4.78 is 1.91. The first kappa shape index (κ1) is 15.9. The third kappa shape index (κ3) is 3.67. The normalized spacial score (nSPS) is 11.3. The average Bonchev–Trinajstić information content (AvgIpc) is 2.89. The van der Waals surface area contributed by atoms with Crippen molar-refractivity contribution in [3.63, 3.8) is 0 Å². The van der Waals surface area contributed by atoms with Crippen LogP contribution in [0.25, 0.3) is 10.9 Å². The highest BCUT2D eigenvalue weighted by Crippen LogP contribution is 2.24. The molecule has 0 N–H and O–H groups in total. The quantitative estimate of drug-likeness (QED) is 0.665. The van der Waals surface area contributed by atoms with Crippen molar-refractivity contribution in [2.45, 2.75) is 20.4 Å². The maximum Gasteiger partial charge on any atom is 0.0680 e. The zero-order chi connectivity index (χ0) is 16.4. The Morgan fingerprint density at radius 3 is 2.57 bits per heavy atom. The van der Waals surface area contributed by atoms with E-state index in [2.05, 4.69) is 54.2 Å². The second-order valence-electron chi connectivity index (χ2n) is 6.41. The second kappa shape index (κ2) is 6.63. The maximum absolute atomic E-state index is 5.99. The molecule has 0 radical (unpaired) electrons. The first-order chi connectivity index (χ1) is 11.0. The summed E-state index contributed by atoms with van der Waals surface area (Å²) in [5, 5.41) is 6.29. The number of benzene rings is 2. The number of rotatable bonds is 5. The molecular formula is C19H22ClN3. The Kier molecular flexibility index (Phi) is 4.58. The third-order valence-corrected chi connectivity index (χ3v) is 4.22. The summed E-state index contributed by atoms with van der Waals surface area (Å²) in [5.41, 5.74) is 3.65. The predicted octanol–water partition coefficient (Wildman–Crippen LogP) is 4.89. The minimum Gasteiger partial charge on any atom is -0.367 e. The lowest BCUT2D eigenvalue weighted by atomic mass is 10.1. The van der Waals surface area contributed by atoms with Crippen molar-refractivity contribution in [3.05, 3.63) is 59.2 Å². The molecule has 1 heterocycles. The van der Waals surface area contributed by atoms with Crippen LogP contribution in [0.1, 0.15) is 19.4 Å². The van der Waals surface area contributed by atoms with Crippen LogP contribution in [0.4, 0.5) is 5.69 Å². The van der Waals surface area contributed by atoms with Gasteiger partial charge in [0.05, 0.1) is 11.7 Å². The van der Waals surface area contributed by atoms with E-state index in [-0.39, 0.29) is 0 Å². The SMILES string of the molecule is CC(C)CN(Cc1ccc(Cl)cc1)c1ccc2c(cnn2C)c1. The van der Waals surface area contributed by atoms with Crippen LogP contribution in [0, 0.1) is 5.92 Å². The summed E-state index contributed by atoms with van der Waals surface area (Å²) in [7, 11) is 1.97. The summed E-state index contributed by atoms with van der Waals surface area (Å²) in [6, 6.07) is 14.6. The fourth-order valence-corrected chi connectivity index (χ4v) is 2.99. The molecule has 0 fully saturated rings. The lowest BCUT2D eigenvalue weighted by Gasteiger charge is -2.27. The summed E-state index contributed by atoms with van der Waals surface area (Å²) in [5.74, 6) is 0.590. The van der Waals surface area contributed by atoms with E-state index >= 15 is 0 Å². The summed E-state index contributed by atoms with van der Waals surface area (Å²) in [6.45, 7) is 6.38. The van der Waals surface area contributed by atoms with E-state index in [4.69, 9.17) is 11.6 Å². The van der Waals surface area contributed by atoms with Crippen LogP contribution >= 0.6 is 11.6 Å². The lowest BCUT2D eigenvalue weighted by molar-refractivity contribution is 0.609. The van der Waals surface area contributed by atoms with E-state index in [1.54, 1.807) is 0 Å². The van der Waals surface area contributed by atoms with Gasteiger partial charge in [-0.15, -0.1) is 0 Å². The van der Waals surface area contributed by atoms with Gasteiger partial charge in [-0.05, 0) is 41.8 Å². The Balaban J connectivity index is 1.91. The first-order valence-electron chi connectivity index (χ1n) is 7.94. The minimum atomic E-state index is 0.590. The molecule has 0 spiro atoms. The number of halogens is 1. The molecule has 4 heteroatoms. The van der Waals surface area contributed by atoms with Gasteiger partial charge in [-0.2, -0.15) is 5.10 Å². The number of nitrogens with zero attached hydrogens (tertiary/aromatic N) is 3. The molecule has 120 valence electrons. The largest absolute Gasteiger partial charge is 0.367 e. The molecule has 0 unspecified atom stereocenters. The van der Waals surface area contributed by atoms with Crippen LogP contribution in [0.5, 0.6) is 0 Å². The topological polar surface area (TPSA) is 21.1 Å². The molecule has 0 bridgehead atoms. The Morgan fingerprint density at radius 2 is 1.87 bits per heavy atom. The fourth-order valence-electron chi connectivity index (χ4n) is 2.86. The molecule has 0 saturated carbocycles. The molecule has 0 saturated heterocycles. The van der Waals surface area contributed by atoms with Gasteiger partial charge in [-0.25, -0.2) is 0 Å². The Labute approximate surface area is 142 Å². The van der Waals surface area contributed by atoms with Gasteiger partial charge in [0.1, 0.15) is 0 Å². The number of fused-ring (bicyclic) bond motifs is 1. The molecule has 0 aliphatic rings. The number of anilines is 1. The number of aromatic nitrogens is 2. The number of hydrogen-bond acceptors (Lipinski definition) is 2. The molecule has 1 aromatic heterocycles. The standard InChI is InChI=1S/C19H22ClN3/c1-14(2)12-23(13-15-4-6-17(20)7-5-15)18-8-9-19-16(10-18)11-21-22(19)3/h4-11,14H,12-13H2,1-3H3. The van der Waals surface area contributed by atoms with E-state index in [0.717, 1.165) is 23.6 Å². The van der Waals surface area contributed by atoms with Crippen LogP contribution in [0.15, 0.2) is 48.7 Å². The van der Waals surface area contributed by atoms with Crippen molar-refractivity contribution < 1.29 is 0 Å². The molecule has 2 aromatic carbocycles. The molecule has 3 nitrogen and oxygen atoms in total. The van der Waals surface area contributed by atoms with E-state index in [1.165, 1.54) is 16.6 Å². The maximum atomic E-state index is 5.99. The highest BCUT2D eigenvalue weighted by molar-refractivity contribution is 6.30. The van der Waals surface area contributed by atoms with Gasteiger partial charge in [0.15, 0.2) is 0 Å². The van der Waals surface area contributed by atoms with E-state index in [9.17, 15) is 0 Å². The molecule has 3 aromatic rings. The highest BCUT2D eigenvalue weighted by Gasteiger charge is 2.11. The zero-order valence-corrected chi connectivity index (χ0v) is 14.6. The van der Waals surface area contributed by atoms with Crippen molar-refractivity contribution in [1.82, 2.24) is 9.78 Å². The Hall–Kier alpha value is -2.00. The van der Waals surface area contributed by atoms with Crippen LogP contribution in [0.2, 0.25) is 5.02 Å². The molecule has 23 heavy (non-hydrogen) atoms. The van der Waals surface area contributed by atoms with Gasteiger partial charge in [0, 0.05) is 36.2 Å². The van der Waals surface area contributed by atoms with Gasteiger partial charge in [-0.3, -0.25) is 4.68 Å². The van der Waals surface area contributed by atoms with E-state index < -0.39 is 0 Å². The van der Waals surface area contributed by atoms with Gasteiger partial charge < -0.3 is 4.90 Å². The van der Waals surface area contributed by atoms with Crippen LogP contribution in [-0.2, 0) is 13.6 Å². The first-order valence-corrected chi connectivity index (χ1v) is 8.32. The smallest absolute Gasteiger partial charge is 0.0680 e. The van der Waals surface area contributed by atoms with Crippen molar-refractivity contribution in [1.29, 1.82) is 0 Å². The minimum absolute atomic E-state index is 0.590. The predicted molar refractivity (Wildman–Crippen MR) is 98.1 cm³/mol. The number of hydrogen-bond donors (Lipinski definition) is 0. The molecular weight excluding hydrogens is 306 g/mol. The van der Waals surface area contributed by atoms with Crippen molar-refractivity contribution >= 4 is 28.2 Å². The van der Waals surface area contributed by atoms with Crippen LogP contribution < -0.4 is 4.90 Å². The van der Waals surface area contributed by atoms with Crippen molar-refractivity contribution in [3.8, 4) is 0 Å². The molecule has 3 rings (SSSR count). The Bertz CT molecular complexity index is 790. The van der Waals surface area contributed by atoms with Crippen LogP contribution in [-0.4, -0.2) is 16.3 Å². The highest BCUT2D eigenvalue weighted by atomic mass is 35.5. The zero-order valence-electron chi connectivity index (χ0n) is 13.8. The van der Waals surface area contributed by atoms with E-state index in [1.807, 2.05) is 30.1 Å². The van der Waals surface area contributed by atoms with Crippen LogP contribution in [0.3, 0.4) is 0 Å². The molecule has 0 aliphatic carbocycles. The Morgan fingerprint density at radius 1 is 1.13 bits per heavy atom. The van der Waals surface area contributed by atoms with Crippen molar-refractivity contribution in [2.75, 3.05) is 11.4 Å². The van der Waals surface area contributed by atoms with Gasteiger partial charge in [-0.1, -0.05) is 37.6 Å². The summed E-state index contributed by atoms with van der Waals surface area (Å²) in [6.07, 6.45) is 1.93. The van der Waals surface area contributed by atoms with Crippen molar-refractivity contribution in [2.24, 2.45) is 13.0 Å². The third-order valence-electron chi connectivity index (χ3n) is 3.97. The van der Waals surface area contributed by atoms with Gasteiger partial charge in [0.2, 0.25) is 0 Å².